The largest absolute Gasteiger partial charge is 0.386 e. The average molecular weight is 312 g/mol. The molecule has 0 aliphatic carbocycles. The van der Waals surface area contributed by atoms with Gasteiger partial charge < -0.3 is 4.18 Å². The summed E-state index contributed by atoms with van der Waals surface area (Å²) >= 11 is 1.55. The van der Waals surface area contributed by atoms with E-state index in [-0.39, 0.29) is 23.3 Å². The van der Waals surface area contributed by atoms with E-state index in [1.165, 1.54) is 12.1 Å². The second-order valence-corrected chi connectivity index (χ2v) is 4.77. The molecule has 0 saturated heterocycles. The molecule has 0 saturated carbocycles. The first-order chi connectivity index (χ1) is 9.71. The maximum Gasteiger partial charge on any atom is 0.319 e. The number of benzene rings is 1. The van der Waals surface area contributed by atoms with Gasteiger partial charge in [0.15, 0.2) is 0 Å². The maximum absolute atomic E-state index is 11.3. The van der Waals surface area contributed by atoms with Crippen LogP contribution < -0.4 is 0 Å². The molecule has 0 spiro atoms. The van der Waals surface area contributed by atoms with Crippen molar-refractivity contribution in [1.82, 2.24) is 0 Å². The Labute approximate surface area is 123 Å². The van der Waals surface area contributed by atoms with Gasteiger partial charge in [0, 0.05) is 22.7 Å². The number of carbonyl (C=O) groups excluding carboxylic acids is 1. The van der Waals surface area contributed by atoms with Crippen LogP contribution in [-0.4, -0.2) is 17.0 Å². The van der Waals surface area contributed by atoms with Crippen LogP contribution in [0, 0.1) is 22.7 Å². The molecule has 1 rings (SSSR count). The Kier molecular flexibility index (Phi) is 7.50. The summed E-state index contributed by atoms with van der Waals surface area (Å²) in [6, 6.07) is 8.31. The molecule has 1 aromatic carbocycles. The van der Waals surface area contributed by atoms with Crippen LogP contribution in [0.2, 0.25) is 0 Å². The number of hydrogen-bond donors (Lipinski definition) is 1. The molecule has 1 N–H and O–H groups in total. The van der Waals surface area contributed by atoms with E-state index in [4.69, 9.17) is 20.0 Å². The van der Waals surface area contributed by atoms with Gasteiger partial charge in [-0.25, -0.2) is 5.26 Å². The standard InChI is InChI=1S/C11H8N2O5S2/c12-6-8-1-2-10(5-9(8)7-13)20-16-11(14)3-4-19-18-17-15/h1-2,5,15H,3-4H2. The highest BCUT2D eigenvalue weighted by atomic mass is 32.2. The monoisotopic (exact) mass is 312 g/mol. The summed E-state index contributed by atoms with van der Waals surface area (Å²) in [6.45, 7) is 0. The zero-order chi connectivity index (χ0) is 14.8. The molecule has 1 aromatic rings. The third-order valence-electron chi connectivity index (χ3n) is 1.93. The van der Waals surface area contributed by atoms with Gasteiger partial charge in [0.2, 0.25) is 0 Å². The minimum atomic E-state index is -0.494. The van der Waals surface area contributed by atoms with Crippen molar-refractivity contribution in [2.45, 2.75) is 11.3 Å². The minimum absolute atomic E-state index is 0.0579. The average Bonchev–Trinajstić information content (AvgIpc) is 2.49. The van der Waals surface area contributed by atoms with Gasteiger partial charge in [0.05, 0.1) is 29.6 Å². The second-order valence-electron chi connectivity index (χ2n) is 3.18. The van der Waals surface area contributed by atoms with Gasteiger partial charge in [-0.15, -0.1) is 4.33 Å². The predicted molar refractivity (Wildman–Crippen MR) is 69.7 cm³/mol. The Hall–Kier alpha value is -1.75. The van der Waals surface area contributed by atoms with Crippen LogP contribution in [0.3, 0.4) is 0 Å². The summed E-state index contributed by atoms with van der Waals surface area (Å²) in [6.07, 6.45) is 0.0579. The summed E-state index contributed by atoms with van der Waals surface area (Å²) in [5.41, 5.74) is 0.485. The van der Waals surface area contributed by atoms with E-state index in [0.717, 1.165) is 24.1 Å². The molecule has 0 unspecified atom stereocenters. The molecule has 0 aliphatic heterocycles. The Morgan fingerprint density at radius 1 is 1.30 bits per heavy atom. The van der Waals surface area contributed by atoms with Crippen molar-refractivity contribution in [2.24, 2.45) is 0 Å². The number of carbonyl (C=O) groups is 1. The van der Waals surface area contributed by atoms with E-state index in [1.54, 1.807) is 6.07 Å². The van der Waals surface area contributed by atoms with Crippen LogP contribution in [0.4, 0.5) is 0 Å². The van der Waals surface area contributed by atoms with Gasteiger partial charge in [-0.05, 0) is 18.2 Å². The van der Waals surface area contributed by atoms with Crippen LogP contribution >= 0.6 is 24.1 Å². The van der Waals surface area contributed by atoms with E-state index >= 15 is 0 Å². The van der Waals surface area contributed by atoms with E-state index in [0.29, 0.717) is 4.90 Å². The molecule has 0 atom stereocenters. The highest BCUT2D eigenvalue weighted by Gasteiger charge is 2.08. The van der Waals surface area contributed by atoms with Crippen LogP contribution in [0.5, 0.6) is 0 Å². The van der Waals surface area contributed by atoms with Gasteiger partial charge >= 0.3 is 5.97 Å². The highest BCUT2D eigenvalue weighted by Crippen LogP contribution is 2.23. The molecule has 0 radical (unpaired) electrons. The first-order valence-electron chi connectivity index (χ1n) is 5.12. The molecular weight excluding hydrogens is 304 g/mol. The van der Waals surface area contributed by atoms with E-state index < -0.39 is 5.97 Å². The SMILES string of the molecule is N#Cc1ccc(SOC(=O)CCSOOO)cc1C#N. The summed E-state index contributed by atoms with van der Waals surface area (Å²) in [5.74, 6) is -0.247. The Morgan fingerprint density at radius 3 is 2.70 bits per heavy atom. The quantitative estimate of drug-likeness (QED) is 0.351. The molecule has 0 heterocycles. The normalized spacial score (nSPS) is 9.55. The fourth-order valence-electron chi connectivity index (χ4n) is 1.08. The second kappa shape index (κ2) is 9.20. The molecule has 9 heteroatoms. The lowest BCUT2D eigenvalue weighted by Gasteiger charge is -2.03. The van der Waals surface area contributed by atoms with Crippen LogP contribution in [0.25, 0.3) is 0 Å². The first kappa shape index (κ1) is 16.3. The number of nitriles is 2. The maximum atomic E-state index is 11.3. The van der Waals surface area contributed by atoms with Gasteiger partial charge in [0.1, 0.15) is 12.1 Å². The molecule has 104 valence electrons. The topological polar surface area (TPSA) is 113 Å². The Balaban J connectivity index is 2.44. The zero-order valence-electron chi connectivity index (χ0n) is 9.94. The Bertz CT molecular complexity index is 553. The Morgan fingerprint density at radius 2 is 2.05 bits per heavy atom. The van der Waals surface area contributed by atoms with E-state index in [1.807, 2.05) is 12.1 Å². The lowest BCUT2D eigenvalue weighted by atomic mass is 10.1. The predicted octanol–water partition coefficient (Wildman–Crippen LogP) is 2.44. The van der Waals surface area contributed by atoms with Crippen molar-refractivity contribution < 1.29 is 23.6 Å². The van der Waals surface area contributed by atoms with E-state index in [2.05, 4.69) is 9.37 Å². The van der Waals surface area contributed by atoms with Crippen molar-refractivity contribution in [2.75, 3.05) is 5.75 Å². The van der Waals surface area contributed by atoms with Gasteiger partial charge in [-0.1, -0.05) is 5.04 Å². The first-order valence-corrected chi connectivity index (χ1v) is 6.77. The lowest BCUT2D eigenvalue weighted by molar-refractivity contribution is -0.432. The molecule has 0 amide bonds. The molecule has 7 nitrogen and oxygen atoms in total. The molecular formula is C11H8N2O5S2. The van der Waals surface area contributed by atoms with Crippen molar-refractivity contribution in [1.29, 1.82) is 10.5 Å². The number of nitrogens with zero attached hydrogens (tertiary/aromatic N) is 2. The minimum Gasteiger partial charge on any atom is -0.386 e. The lowest BCUT2D eigenvalue weighted by Crippen LogP contribution is -2.00. The molecule has 0 bridgehead atoms. The van der Waals surface area contributed by atoms with Gasteiger partial charge in [-0.3, -0.25) is 4.79 Å². The van der Waals surface area contributed by atoms with E-state index in [9.17, 15) is 4.79 Å². The number of rotatable bonds is 7. The summed E-state index contributed by atoms with van der Waals surface area (Å²) in [4.78, 5) is 11.9. The van der Waals surface area contributed by atoms with Gasteiger partial charge in [0.25, 0.3) is 0 Å². The van der Waals surface area contributed by atoms with Crippen molar-refractivity contribution >= 4 is 30.1 Å². The number of hydrogen-bond acceptors (Lipinski definition) is 9. The third kappa shape index (κ3) is 5.48. The van der Waals surface area contributed by atoms with Crippen LogP contribution in [0.15, 0.2) is 23.1 Å². The summed E-state index contributed by atoms with van der Waals surface area (Å²) in [7, 11) is 0. The summed E-state index contributed by atoms with van der Waals surface area (Å²) in [5, 5.41) is 28.8. The van der Waals surface area contributed by atoms with Crippen molar-refractivity contribution in [3.8, 4) is 12.1 Å². The molecule has 0 aromatic heterocycles. The molecule has 20 heavy (non-hydrogen) atoms. The van der Waals surface area contributed by atoms with Crippen molar-refractivity contribution in [3.63, 3.8) is 0 Å². The highest BCUT2D eigenvalue weighted by molar-refractivity contribution is 7.95. The zero-order valence-corrected chi connectivity index (χ0v) is 11.6. The molecule has 0 fully saturated rings. The van der Waals surface area contributed by atoms with Crippen molar-refractivity contribution in [3.05, 3.63) is 29.3 Å². The summed E-state index contributed by atoms with van der Waals surface area (Å²) < 4.78 is 8.99. The van der Waals surface area contributed by atoms with Crippen LogP contribution in [0.1, 0.15) is 17.5 Å². The third-order valence-corrected chi connectivity index (χ3v) is 3.17. The fraction of sp³-hybridized carbons (Fsp3) is 0.182. The molecule has 0 aliphatic rings. The van der Waals surface area contributed by atoms with Crippen LogP contribution in [-0.2, 0) is 18.3 Å². The smallest absolute Gasteiger partial charge is 0.319 e. The van der Waals surface area contributed by atoms with Gasteiger partial charge in [-0.2, -0.15) is 10.5 Å². The fourth-order valence-corrected chi connectivity index (χ4v) is 2.01.